The number of halogens is 1. The van der Waals surface area contributed by atoms with Crippen molar-refractivity contribution in [1.82, 2.24) is 10.4 Å². The quantitative estimate of drug-likeness (QED) is 0.683. The summed E-state index contributed by atoms with van der Waals surface area (Å²) in [4.78, 5) is 25.6. The second-order valence-corrected chi connectivity index (χ2v) is 6.69. The van der Waals surface area contributed by atoms with E-state index >= 15 is 0 Å². The number of amides is 2. The van der Waals surface area contributed by atoms with Gasteiger partial charge in [-0.15, -0.1) is 0 Å². The number of hydrogen-bond donors (Lipinski definition) is 2. The second-order valence-electron chi connectivity index (χ2n) is 5.77. The maximum absolute atomic E-state index is 13.0. The van der Waals surface area contributed by atoms with Gasteiger partial charge in [0.25, 0.3) is 11.8 Å². The number of anilines is 1. The topological polar surface area (TPSA) is 74.6 Å². The average Bonchev–Trinajstić information content (AvgIpc) is 3.19. The van der Waals surface area contributed by atoms with E-state index in [4.69, 9.17) is 4.42 Å². The molecular formula is C19H14BrN3O3. The van der Waals surface area contributed by atoms with Crippen LogP contribution in [0.4, 0.5) is 5.69 Å². The molecule has 0 spiro atoms. The second kappa shape index (κ2) is 6.68. The van der Waals surface area contributed by atoms with Gasteiger partial charge in [0.1, 0.15) is 0 Å². The van der Waals surface area contributed by atoms with Crippen LogP contribution in [0.1, 0.15) is 32.4 Å². The summed E-state index contributed by atoms with van der Waals surface area (Å²) in [5, 5.41) is 4.56. The van der Waals surface area contributed by atoms with E-state index in [0.717, 1.165) is 10.0 Å². The van der Waals surface area contributed by atoms with Crippen LogP contribution in [-0.2, 0) is 0 Å². The molecule has 0 aliphatic carbocycles. The third-order valence-electron chi connectivity index (χ3n) is 4.11. The Morgan fingerprint density at radius 1 is 1.12 bits per heavy atom. The smallest absolute Gasteiger partial charge is 0.276 e. The fourth-order valence-electron chi connectivity index (χ4n) is 2.81. The van der Waals surface area contributed by atoms with Crippen molar-refractivity contribution in [3.8, 4) is 0 Å². The van der Waals surface area contributed by atoms with Crippen LogP contribution in [0.2, 0.25) is 0 Å². The van der Waals surface area contributed by atoms with Crippen LogP contribution >= 0.6 is 15.9 Å². The molecule has 0 bridgehead atoms. The highest BCUT2D eigenvalue weighted by molar-refractivity contribution is 9.10. The van der Waals surface area contributed by atoms with Crippen molar-refractivity contribution in [3.63, 3.8) is 0 Å². The SMILES string of the molecule is O=C(NN1C(=O)c2ccccc2N[C@H]1c1ccoc1)c1ccc(Br)cc1. The van der Waals surface area contributed by atoms with Crippen molar-refractivity contribution in [3.05, 3.63) is 88.3 Å². The van der Waals surface area contributed by atoms with Crippen molar-refractivity contribution >= 4 is 33.4 Å². The number of nitrogens with zero attached hydrogens (tertiary/aromatic N) is 1. The molecule has 2 heterocycles. The van der Waals surface area contributed by atoms with Gasteiger partial charge < -0.3 is 9.73 Å². The zero-order valence-corrected chi connectivity index (χ0v) is 15.1. The molecule has 1 aromatic heterocycles. The molecule has 2 N–H and O–H groups in total. The molecule has 2 aromatic carbocycles. The number of rotatable bonds is 3. The molecule has 1 aliphatic rings. The number of hydrazine groups is 1. The number of carbonyl (C=O) groups excluding carboxylic acids is 2. The Bertz CT molecular complexity index is 954. The lowest BCUT2D eigenvalue weighted by Crippen LogP contribution is -2.52. The van der Waals surface area contributed by atoms with Crippen molar-refractivity contribution in [2.45, 2.75) is 6.17 Å². The van der Waals surface area contributed by atoms with Gasteiger partial charge in [0, 0.05) is 21.3 Å². The predicted molar refractivity (Wildman–Crippen MR) is 99.3 cm³/mol. The molecule has 2 amide bonds. The maximum atomic E-state index is 13.0. The molecule has 4 rings (SSSR count). The van der Waals surface area contributed by atoms with Gasteiger partial charge in [-0.25, -0.2) is 5.01 Å². The van der Waals surface area contributed by atoms with Gasteiger partial charge in [-0.2, -0.15) is 0 Å². The minimum Gasteiger partial charge on any atom is -0.472 e. The van der Waals surface area contributed by atoms with Crippen LogP contribution in [0, 0.1) is 0 Å². The maximum Gasteiger partial charge on any atom is 0.276 e. The monoisotopic (exact) mass is 411 g/mol. The van der Waals surface area contributed by atoms with E-state index in [1.807, 2.05) is 12.1 Å². The molecular weight excluding hydrogens is 398 g/mol. The number of para-hydroxylation sites is 1. The van der Waals surface area contributed by atoms with Crippen LogP contribution < -0.4 is 10.7 Å². The Labute approximate surface area is 157 Å². The highest BCUT2D eigenvalue weighted by atomic mass is 79.9. The summed E-state index contributed by atoms with van der Waals surface area (Å²) in [7, 11) is 0. The lowest BCUT2D eigenvalue weighted by atomic mass is 10.1. The van der Waals surface area contributed by atoms with E-state index < -0.39 is 6.17 Å². The van der Waals surface area contributed by atoms with Gasteiger partial charge in [-0.1, -0.05) is 28.1 Å². The van der Waals surface area contributed by atoms with Crippen LogP contribution in [0.3, 0.4) is 0 Å². The molecule has 1 atom stereocenters. The van der Waals surface area contributed by atoms with E-state index in [1.165, 1.54) is 17.5 Å². The Hall–Kier alpha value is -3.06. The lowest BCUT2D eigenvalue weighted by Gasteiger charge is -2.37. The molecule has 7 heteroatoms. The van der Waals surface area contributed by atoms with Gasteiger partial charge in [0.15, 0.2) is 6.17 Å². The number of benzene rings is 2. The molecule has 26 heavy (non-hydrogen) atoms. The first kappa shape index (κ1) is 16.4. The van der Waals surface area contributed by atoms with Crippen molar-refractivity contribution in [2.75, 3.05) is 5.32 Å². The summed E-state index contributed by atoms with van der Waals surface area (Å²) < 4.78 is 6.02. The van der Waals surface area contributed by atoms with Crippen LogP contribution in [0.25, 0.3) is 0 Å². The van der Waals surface area contributed by atoms with Gasteiger partial charge in [0.2, 0.25) is 0 Å². The lowest BCUT2D eigenvalue weighted by molar-refractivity contribution is 0.0490. The third kappa shape index (κ3) is 2.97. The Balaban J connectivity index is 1.68. The highest BCUT2D eigenvalue weighted by Gasteiger charge is 2.34. The average molecular weight is 412 g/mol. The fourth-order valence-corrected chi connectivity index (χ4v) is 3.07. The standard InChI is InChI=1S/C19H14BrN3O3/c20-14-7-5-12(6-8-14)18(24)22-23-17(13-9-10-26-11-13)21-16-4-2-1-3-15(16)19(23)25/h1-11,17,21H,(H,22,24)/t17-/m1/s1. The van der Waals surface area contributed by atoms with E-state index in [0.29, 0.717) is 16.8 Å². The third-order valence-corrected chi connectivity index (χ3v) is 4.64. The Morgan fingerprint density at radius 2 is 1.88 bits per heavy atom. The molecule has 0 fully saturated rings. The number of nitrogens with one attached hydrogen (secondary N) is 2. The van der Waals surface area contributed by atoms with Crippen LogP contribution in [-0.4, -0.2) is 16.8 Å². The summed E-state index contributed by atoms with van der Waals surface area (Å²) in [6.45, 7) is 0. The summed E-state index contributed by atoms with van der Waals surface area (Å²) in [5.74, 6) is -0.670. The first-order valence-corrected chi connectivity index (χ1v) is 8.70. The molecule has 0 unspecified atom stereocenters. The van der Waals surface area contributed by atoms with E-state index in [2.05, 4.69) is 26.7 Å². The van der Waals surface area contributed by atoms with Gasteiger partial charge in [-0.3, -0.25) is 15.0 Å². The van der Waals surface area contributed by atoms with Crippen LogP contribution in [0.5, 0.6) is 0 Å². The molecule has 0 radical (unpaired) electrons. The Morgan fingerprint density at radius 3 is 2.62 bits per heavy atom. The molecule has 1 aliphatic heterocycles. The van der Waals surface area contributed by atoms with Gasteiger partial charge in [0.05, 0.1) is 18.1 Å². The van der Waals surface area contributed by atoms with Crippen molar-refractivity contribution < 1.29 is 14.0 Å². The number of carbonyl (C=O) groups is 2. The molecule has 130 valence electrons. The summed E-state index contributed by atoms with van der Waals surface area (Å²) in [5.41, 5.74) is 5.08. The zero-order valence-electron chi connectivity index (χ0n) is 13.5. The number of fused-ring (bicyclic) bond motifs is 1. The summed E-state index contributed by atoms with van der Waals surface area (Å²) in [6, 6.07) is 15.8. The Kier molecular flexibility index (Phi) is 4.22. The van der Waals surface area contributed by atoms with Gasteiger partial charge in [-0.05, 0) is 42.5 Å². The van der Waals surface area contributed by atoms with Gasteiger partial charge >= 0.3 is 0 Å². The molecule has 6 nitrogen and oxygen atoms in total. The summed E-state index contributed by atoms with van der Waals surface area (Å²) >= 11 is 3.34. The minimum absolute atomic E-state index is 0.295. The summed E-state index contributed by atoms with van der Waals surface area (Å²) in [6.07, 6.45) is 2.49. The first-order valence-electron chi connectivity index (χ1n) is 7.91. The fraction of sp³-hybridized carbons (Fsp3) is 0.0526. The molecule has 3 aromatic rings. The van der Waals surface area contributed by atoms with E-state index in [9.17, 15) is 9.59 Å². The normalized spacial score (nSPS) is 16.0. The zero-order chi connectivity index (χ0) is 18.1. The largest absolute Gasteiger partial charge is 0.472 e. The number of furan rings is 1. The first-order chi connectivity index (χ1) is 12.6. The minimum atomic E-state index is -0.574. The highest BCUT2D eigenvalue weighted by Crippen LogP contribution is 2.32. The predicted octanol–water partition coefficient (Wildman–Crippen LogP) is 3.95. The van der Waals surface area contributed by atoms with Crippen LogP contribution in [0.15, 0.2) is 76.0 Å². The molecule has 0 saturated heterocycles. The van der Waals surface area contributed by atoms with E-state index in [-0.39, 0.29) is 11.8 Å². The van der Waals surface area contributed by atoms with Crippen molar-refractivity contribution in [2.24, 2.45) is 0 Å². The number of hydrogen-bond acceptors (Lipinski definition) is 4. The molecule has 0 saturated carbocycles. The van der Waals surface area contributed by atoms with Crippen molar-refractivity contribution in [1.29, 1.82) is 0 Å². The van der Waals surface area contributed by atoms with E-state index in [1.54, 1.807) is 42.5 Å².